The van der Waals surface area contributed by atoms with E-state index in [1.54, 1.807) is 4.90 Å². The van der Waals surface area contributed by atoms with Crippen molar-refractivity contribution >= 4 is 17.2 Å². The Labute approximate surface area is 140 Å². The fourth-order valence-corrected chi connectivity index (χ4v) is 4.09. The Kier molecular flexibility index (Phi) is 3.43. The van der Waals surface area contributed by atoms with Crippen molar-refractivity contribution in [2.24, 2.45) is 0 Å². The quantitative estimate of drug-likeness (QED) is 0.738. The van der Waals surface area contributed by atoms with Crippen LogP contribution in [0.5, 0.6) is 0 Å². The minimum Gasteiger partial charge on any atom is -0.363 e. The number of carbonyl (C=O) groups excluding carboxylic acids is 1. The minimum absolute atomic E-state index is 0.0178. The Hall–Kier alpha value is -2.26. The molecule has 0 unspecified atom stereocenters. The molecule has 2 aromatic heterocycles. The molecule has 8 nitrogen and oxygen atoms in total. The highest BCUT2D eigenvalue weighted by atomic mass is 32.1. The Morgan fingerprint density at radius 1 is 1.38 bits per heavy atom. The van der Waals surface area contributed by atoms with E-state index < -0.39 is 16.7 Å². The third-order valence-corrected chi connectivity index (χ3v) is 5.53. The van der Waals surface area contributed by atoms with Crippen LogP contribution in [0.1, 0.15) is 26.8 Å². The SMILES string of the molecule is Cc1ccc(C(=O)N2CC[C@@]3(C2)Cn2c(n[nH]c(=O)c2=O)CO3)s1. The van der Waals surface area contributed by atoms with Gasteiger partial charge in [0.15, 0.2) is 5.82 Å². The third kappa shape index (κ3) is 2.40. The van der Waals surface area contributed by atoms with E-state index in [0.29, 0.717) is 30.2 Å². The molecule has 9 heteroatoms. The maximum Gasteiger partial charge on any atom is 0.330 e. The second-order valence-corrected chi connectivity index (χ2v) is 7.51. The molecule has 0 saturated carbocycles. The largest absolute Gasteiger partial charge is 0.363 e. The van der Waals surface area contributed by atoms with E-state index in [0.717, 1.165) is 4.88 Å². The number of ether oxygens (including phenoxy) is 1. The Balaban J connectivity index is 1.58. The number of carbonyl (C=O) groups is 1. The Morgan fingerprint density at radius 2 is 2.21 bits per heavy atom. The summed E-state index contributed by atoms with van der Waals surface area (Å²) in [6.45, 7) is 3.32. The molecule has 4 heterocycles. The van der Waals surface area contributed by atoms with Crippen LogP contribution in [-0.2, 0) is 17.9 Å². The molecule has 2 aromatic rings. The van der Waals surface area contributed by atoms with Gasteiger partial charge in [-0.15, -0.1) is 11.3 Å². The minimum atomic E-state index is -0.740. The number of hydrogen-bond acceptors (Lipinski definition) is 6. The van der Waals surface area contributed by atoms with E-state index in [9.17, 15) is 14.4 Å². The summed E-state index contributed by atoms with van der Waals surface area (Å²) in [6.07, 6.45) is 0.627. The zero-order chi connectivity index (χ0) is 16.9. The maximum absolute atomic E-state index is 12.6. The molecule has 0 bridgehead atoms. The van der Waals surface area contributed by atoms with Crippen LogP contribution in [0.15, 0.2) is 21.7 Å². The first kappa shape index (κ1) is 15.3. The molecular formula is C15H16N4O4S. The highest BCUT2D eigenvalue weighted by Gasteiger charge is 2.44. The summed E-state index contributed by atoms with van der Waals surface area (Å²) in [5.74, 6) is 0.389. The number of aromatic nitrogens is 3. The van der Waals surface area contributed by atoms with E-state index >= 15 is 0 Å². The summed E-state index contributed by atoms with van der Waals surface area (Å²) < 4.78 is 7.30. The lowest BCUT2D eigenvalue weighted by molar-refractivity contribution is -0.0836. The lowest BCUT2D eigenvalue weighted by atomic mass is 10.0. The van der Waals surface area contributed by atoms with E-state index in [-0.39, 0.29) is 19.1 Å². The fourth-order valence-electron chi connectivity index (χ4n) is 3.26. The zero-order valence-electron chi connectivity index (χ0n) is 13.1. The fraction of sp³-hybridized carbons (Fsp3) is 0.467. The van der Waals surface area contributed by atoms with Gasteiger partial charge in [0.05, 0.1) is 18.0 Å². The van der Waals surface area contributed by atoms with Gasteiger partial charge in [-0.3, -0.25) is 19.0 Å². The molecule has 1 amide bonds. The average Bonchev–Trinajstić information content (AvgIpc) is 3.18. The number of fused-ring (bicyclic) bond motifs is 1. The van der Waals surface area contributed by atoms with Crippen molar-refractivity contribution in [1.82, 2.24) is 19.7 Å². The van der Waals surface area contributed by atoms with E-state index in [2.05, 4.69) is 10.2 Å². The summed E-state index contributed by atoms with van der Waals surface area (Å²) in [7, 11) is 0. The number of amides is 1. The lowest BCUT2D eigenvalue weighted by Crippen LogP contribution is -2.51. The number of likely N-dealkylation sites (tertiary alicyclic amines) is 1. The molecule has 126 valence electrons. The van der Waals surface area contributed by atoms with Crippen LogP contribution in [-0.4, -0.2) is 44.3 Å². The predicted octanol–water partition coefficient (Wildman–Crippen LogP) is 0.117. The first-order valence-electron chi connectivity index (χ1n) is 7.66. The lowest BCUT2D eigenvalue weighted by Gasteiger charge is -2.34. The summed E-state index contributed by atoms with van der Waals surface area (Å²) in [5, 5.41) is 6.04. The third-order valence-electron chi connectivity index (χ3n) is 4.55. The number of rotatable bonds is 1. The molecular weight excluding hydrogens is 332 g/mol. The molecule has 0 aliphatic carbocycles. The molecule has 4 rings (SSSR count). The van der Waals surface area contributed by atoms with Crippen LogP contribution < -0.4 is 11.1 Å². The smallest absolute Gasteiger partial charge is 0.330 e. The number of hydrogen-bond donors (Lipinski definition) is 1. The first-order valence-corrected chi connectivity index (χ1v) is 8.47. The molecule has 1 spiro atoms. The second-order valence-electron chi connectivity index (χ2n) is 6.22. The van der Waals surface area contributed by atoms with Crippen LogP contribution in [0.3, 0.4) is 0 Å². The maximum atomic E-state index is 12.6. The Morgan fingerprint density at radius 3 is 2.96 bits per heavy atom. The van der Waals surface area contributed by atoms with Gasteiger partial charge in [-0.05, 0) is 25.5 Å². The van der Waals surface area contributed by atoms with Gasteiger partial charge in [0, 0.05) is 11.4 Å². The Bertz CT molecular complexity index is 930. The van der Waals surface area contributed by atoms with Crippen molar-refractivity contribution < 1.29 is 9.53 Å². The molecule has 2 aliphatic rings. The van der Waals surface area contributed by atoms with Crippen molar-refractivity contribution in [2.45, 2.75) is 32.1 Å². The topological polar surface area (TPSA) is 97.3 Å². The number of thiophene rings is 1. The molecule has 0 aromatic carbocycles. The van der Waals surface area contributed by atoms with E-state index in [1.165, 1.54) is 15.9 Å². The highest BCUT2D eigenvalue weighted by Crippen LogP contribution is 2.32. The highest BCUT2D eigenvalue weighted by molar-refractivity contribution is 7.13. The molecule has 1 atom stereocenters. The first-order chi connectivity index (χ1) is 11.5. The average molecular weight is 348 g/mol. The van der Waals surface area contributed by atoms with Crippen LogP contribution in [0.2, 0.25) is 0 Å². The van der Waals surface area contributed by atoms with E-state index in [4.69, 9.17) is 4.74 Å². The molecule has 1 saturated heterocycles. The number of H-pyrrole nitrogens is 1. The number of nitrogens with zero attached hydrogens (tertiary/aromatic N) is 3. The molecule has 2 aliphatic heterocycles. The number of aromatic amines is 1. The van der Waals surface area contributed by atoms with Crippen molar-refractivity contribution in [3.63, 3.8) is 0 Å². The van der Waals surface area contributed by atoms with Crippen LogP contribution in [0.4, 0.5) is 0 Å². The van der Waals surface area contributed by atoms with Gasteiger partial charge in [-0.2, -0.15) is 5.10 Å². The van der Waals surface area contributed by atoms with Crippen LogP contribution >= 0.6 is 11.3 Å². The number of aryl methyl sites for hydroxylation is 1. The second kappa shape index (κ2) is 5.38. The standard InChI is InChI=1S/C15H16N4O4S/c1-9-2-3-10(24-9)13(21)18-5-4-15(7-18)8-19-11(6-23-15)16-17-12(20)14(19)22/h2-3H,4-8H2,1H3,(H,17,20)/t15-/m1/s1. The summed E-state index contributed by atoms with van der Waals surface area (Å²) >= 11 is 1.47. The summed E-state index contributed by atoms with van der Waals surface area (Å²) in [4.78, 5) is 39.7. The normalized spacial score (nSPS) is 22.8. The van der Waals surface area contributed by atoms with Gasteiger partial charge < -0.3 is 9.64 Å². The van der Waals surface area contributed by atoms with E-state index in [1.807, 2.05) is 19.1 Å². The molecule has 1 N–H and O–H groups in total. The van der Waals surface area contributed by atoms with Crippen LogP contribution in [0.25, 0.3) is 0 Å². The van der Waals surface area contributed by atoms with Crippen molar-refractivity contribution in [1.29, 1.82) is 0 Å². The summed E-state index contributed by atoms with van der Waals surface area (Å²) in [6, 6.07) is 3.76. The van der Waals surface area contributed by atoms with Crippen molar-refractivity contribution in [3.05, 3.63) is 48.4 Å². The van der Waals surface area contributed by atoms with Crippen molar-refractivity contribution in [2.75, 3.05) is 13.1 Å². The van der Waals surface area contributed by atoms with Gasteiger partial charge >= 0.3 is 11.1 Å². The number of nitrogens with one attached hydrogen (secondary N) is 1. The van der Waals surface area contributed by atoms with Gasteiger partial charge in [-0.1, -0.05) is 0 Å². The van der Waals surface area contributed by atoms with Crippen LogP contribution in [0, 0.1) is 6.92 Å². The molecule has 1 fully saturated rings. The van der Waals surface area contributed by atoms with Crippen molar-refractivity contribution in [3.8, 4) is 0 Å². The van der Waals surface area contributed by atoms with Gasteiger partial charge in [0.2, 0.25) is 0 Å². The molecule has 24 heavy (non-hydrogen) atoms. The van der Waals surface area contributed by atoms with Gasteiger partial charge in [0.25, 0.3) is 5.91 Å². The molecule has 0 radical (unpaired) electrons. The van der Waals surface area contributed by atoms with Gasteiger partial charge in [-0.25, -0.2) is 5.10 Å². The zero-order valence-corrected chi connectivity index (χ0v) is 13.9. The monoisotopic (exact) mass is 348 g/mol. The predicted molar refractivity (Wildman–Crippen MR) is 86.2 cm³/mol. The summed E-state index contributed by atoms with van der Waals surface area (Å²) in [5.41, 5.74) is -1.99. The van der Waals surface area contributed by atoms with Gasteiger partial charge in [0.1, 0.15) is 12.2 Å².